The van der Waals surface area contributed by atoms with Crippen LogP contribution in [0.25, 0.3) is 11.3 Å². The van der Waals surface area contributed by atoms with E-state index in [9.17, 15) is 9.90 Å². The molecule has 0 radical (unpaired) electrons. The highest BCUT2D eigenvalue weighted by Gasteiger charge is 2.24. The van der Waals surface area contributed by atoms with Crippen molar-refractivity contribution in [2.45, 2.75) is 18.9 Å². The number of fused-ring (bicyclic) bond motifs is 1. The molecule has 0 saturated heterocycles. The molecule has 0 spiro atoms. The van der Waals surface area contributed by atoms with E-state index in [4.69, 9.17) is 14.8 Å². The molecule has 0 saturated carbocycles. The summed E-state index contributed by atoms with van der Waals surface area (Å²) < 4.78 is 5.10. The Bertz CT molecular complexity index is 1130. The Morgan fingerprint density at radius 3 is 2.97 bits per heavy atom. The first-order chi connectivity index (χ1) is 16.1. The highest BCUT2D eigenvalue weighted by Crippen LogP contribution is 2.31. The zero-order valence-electron chi connectivity index (χ0n) is 18.2. The number of carbonyl (C=O) groups excluding carboxylic acids is 1. The third kappa shape index (κ3) is 5.36. The summed E-state index contributed by atoms with van der Waals surface area (Å²) in [7, 11) is 1.50. The van der Waals surface area contributed by atoms with E-state index in [2.05, 4.69) is 20.6 Å². The van der Waals surface area contributed by atoms with E-state index >= 15 is 0 Å². The normalized spacial score (nSPS) is 14.0. The average Bonchev–Trinajstić information content (AvgIpc) is 3.06. The van der Waals surface area contributed by atoms with Crippen molar-refractivity contribution in [3.8, 4) is 17.1 Å². The Balaban J connectivity index is 1.63. The van der Waals surface area contributed by atoms with Gasteiger partial charge in [-0.3, -0.25) is 10.2 Å². The van der Waals surface area contributed by atoms with Crippen molar-refractivity contribution < 1.29 is 19.7 Å². The third-order valence-electron chi connectivity index (χ3n) is 5.24. The van der Waals surface area contributed by atoms with Crippen LogP contribution in [-0.2, 0) is 6.42 Å². The second-order valence-electron chi connectivity index (χ2n) is 7.62. The van der Waals surface area contributed by atoms with Gasteiger partial charge in [-0.1, -0.05) is 18.2 Å². The molecule has 1 atom stereocenters. The van der Waals surface area contributed by atoms with Gasteiger partial charge in [0, 0.05) is 31.1 Å². The number of methoxy groups -OCH3 is 1. The summed E-state index contributed by atoms with van der Waals surface area (Å²) in [4.78, 5) is 27.6. The van der Waals surface area contributed by atoms with Crippen LogP contribution in [0.1, 0.15) is 12.0 Å². The molecule has 2 aromatic heterocycles. The van der Waals surface area contributed by atoms with Crippen LogP contribution >= 0.6 is 0 Å². The minimum absolute atomic E-state index is 0.296. The van der Waals surface area contributed by atoms with Gasteiger partial charge in [0.2, 0.25) is 5.88 Å². The summed E-state index contributed by atoms with van der Waals surface area (Å²) in [5, 5.41) is 25.0. The summed E-state index contributed by atoms with van der Waals surface area (Å²) in [6.45, 7) is 0.899. The number of nitrogens with zero attached hydrogens (tertiary/aromatic N) is 4. The van der Waals surface area contributed by atoms with Crippen LogP contribution in [0.15, 0.2) is 48.8 Å². The molecule has 0 aliphatic carbocycles. The van der Waals surface area contributed by atoms with Crippen molar-refractivity contribution in [1.29, 1.82) is 0 Å². The smallest absolute Gasteiger partial charge is 0.328 e. The molecule has 172 valence electrons. The number of ether oxygens (including phenoxy) is 1. The lowest BCUT2D eigenvalue weighted by Crippen LogP contribution is -2.36. The Hall–Kier alpha value is -3.76. The topological polar surface area (TPSA) is 133 Å². The SMILES string of the molecule is COc1cc(NC(=O)N2CCCNc3ccc(-c4cccc(CC(O)CO)c4)nc32)ncn1. The van der Waals surface area contributed by atoms with Crippen molar-refractivity contribution in [2.24, 2.45) is 0 Å². The molecule has 0 bridgehead atoms. The maximum absolute atomic E-state index is 13.1. The number of carbonyl (C=O) groups is 1. The molecule has 10 nitrogen and oxygen atoms in total. The molecule has 2 amide bonds. The zero-order valence-corrected chi connectivity index (χ0v) is 18.2. The Morgan fingerprint density at radius 2 is 2.15 bits per heavy atom. The zero-order chi connectivity index (χ0) is 23.2. The molecule has 3 aromatic rings. The Labute approximate surface area is 191 Å². The summed E-state index contributed by atoms with van der Waals surface area (Å²) in [5.74, 6) is 1.20. The lowest BCUT2D eigenvalue weighted by atomic mass is 10.0. The van der Waals surface area contributed by atoms with Crippen LogP contribution in [0.3, 0.4) is 0 Å². The number of rotatable bonds is 6. The van der Waals surface area contributed by atoms with Gasteiger partial charge in [-0.15, -0.1) is 0 Å². The third-order valence-corrected chi connectivity index (χ3v) is 5.24. The number of amides is 2. The molecule has 1 aromatic carbocycles. The van der Waals surface area contributed by atoms with E-state index in [0.717, 1.165) is 23.2 Å². The predicted octanol–water partition coefficient (Wildman–Crippen LogP) is 2.30. The molecule has 1 aliphatic rings. The van der Waals surface area contributed by atoms with Crippen LogP contribution in [0.5, 0.6) is 5.88 Å². The molecular formula is C23H26N6O4. The number of aliphatic hydroxyl groups is 2. The molecular weight excluding hydrogens is 424 g/mol. The number of hydrogen-bond acceptors (Lipinski definition) is 8. The van der Waals surface area contributed by atoms with Crippen molar-refractivity contribution >= 4 is 23.4 Å². The number of aliphatic hydroxyl groups excluding tert-OH is 2. The van der Waals surface area contributed by atoms with Crippen molar-refractivity contribution in [3.63, 3.8) is 0 Å². The molecule has 4 rings (SSSR count). The van der Waals surface area contributed by atoms with Crippen LogP contribution in [0, 0.1) is 0 Å². The number of aromatic nitrogens is 3. The van der Waals surface area contributed by atoms with Gasteiger partial charge < -0.3 is 20.3 Å². The number of urea groups is 1. The Morgan fingerprint density at radius 1 is 1.27 bits per heavy atom. The first kappa shape index (κ1) is 22.4. The van der Waals surface area contributed by atoms with E-state index in [1.165, 1.54) is 13.4 Å². The van der Waals surface area contributed by atoms with Crippen molar-refractivity contribution in [1.82, 2.24) is 15.0 Å². The van der Waals surface area contributed by atoms with Gasteiger partial charge in [0.25, 0.3) is 0 Å². The minimum atomic E-state index is -0.816. The van der Waals surface area contributed by atoms with E-state index in [1.54, 1.807) is 11.0 Å². The highest BCUT2D eigenvalue weighted by atomic mass is 16.5. The second-order valence-corrected chi connectivity index (χ2v) is 7.62. The van der Waals surface area contributed by atoms with E-state index in [0.29, 0.717) is 42.7 Å². The van der Waals surface area contributed by atoms with Gasteiger partial charge in [0.15, 0.2) is 5.82 Å². The number of benzene rings is 1. The molecule has 3 heterocycles. The average molecular weight is 450 g/mol. The second kappa shape index (κ2) is 10.2. The highest BCUT2D eigenvalue weighted by molar-refractivity contribution is 6.02. The lowest BCUT2D eigenvalue weighted by Gasteiger charge is -2.22. The summed E-state index contributed by atoms with van der Waals surface area (Å²) in [6, 6.07) is 12.6. The molecule has 1 unspecified atom stereocenters. The first-order valence-electron chi connectivity index (χ1n) is 10.6. The fourth-order valence-corrected chi connectivity index (χ4v) is 3.61. The number of pyridine rings is 1. The van der Waals surface area contributed by atoms with Gasteiger partial charge in [-0.05, 0) is 30.2 Å². The standard InChI is InChI=1S/C23H26N6O4/c1-33-21-12-20(25-14-26-21)28-23(32)29-9-3-8-24-19-7-6-18(27-22(19)29)16-5-2-4-15(10-16)11-17(31)13-30/h2,4-7,10,12,14,17,24,30-31H,3,8-9,11,13H2,1H3,(H,25,26,28,32). The van der Waals surface area contributed by atoms with Crippen LogP contribution in [0.4, 0.5) is 22.1 Å². The summed E-state index contributed by atoms with van der Waals surface area (Å²) in [6.07, 6.45) is 1.60. The maximum Gasteiger partial charge on any atom is 0.328 e. The van der Waals surface area contributed by atoms with Crippen LogP contribution < -0.4 is 20.3 Å². The largest absolute Gasteiger partial charge is 0.481 e. The molecule has 10 heteroatoms. The van der Waals surface area contributed by atoms with Gasteiger partial charge in [-0.2, -0.15) is 0 Å². The molecule has 0 fully saturated rings. The van der Waals surface area contributed by atoms with E-state index < -0.39 is 6.10 Å². The lowest BCUT2D eigenvalue weighted by molar-refractivity contribution is 0.0955. The molecule has 1 aliphatic heterocycles. The van der Waals surface area contributed by atoms with Gasteiger partial charge in [0.05, 0.1) is 31.2 Å². The van der Waals surface area contributed by atoms with Gasteiger partial charge in [-0.25, -0.2) is 19.7 Å². The number of anilines is 3. The fraction of sp³-hybridized carbons (Fsp3) is 0.304. The quantitative estimate of drug-likeness (QED) is 0.450. The van der Waals surface area contributed by atoms with Crippen molar-refractivity contribution in [3.05, 3.63) is 54.4 Å². The fourth-order valence-electron chi connectivity index (χ4n) is 3.61. The first-order valence-corrected chi connectivity index (χ1v) is 10.6. The molecule has 33 heavy (non-hydrogen) atoms. The summed E-state index contributed by atoms with van der Waals surface area (Å²) >= 11 is 0. The van der Waals surface area contributed by atoms with Gasteiger partial charge in [0.1, 0.15) is 12.1 Å². The summed E-state index contributed by atoms with van der Waals surface area (Å²) in [5.41, 5.74) is 3.19. The van der Waals surface area contributed by atoms with E-state index in [1.807, 2.05) is 36.4 Å². The van der Waals surface area contributed by atoms with Crippen molar-refractivity contribution in [2.75, 3.05) is 42.3 Å². The maximum atomic E-state index is 13.1. The number of nitrogens with one attached hydrogen (secondary N) is 2. The predicted molar refractivity (Wildman–Crippen MR) is 125 cm³/mol. The van der Waals surface area contributed by atoms with Gasteiger partial charge >= 0.3 is 6.03 Å². The minimum Gasteiger partial charge on any atom is -0.481 e. The van der Waals surface area contributed by atoms with Crippen LogP contribution in [-0.4, -0.2) is 64.1 Å². The van der Waals surface area contributed by atoms with E-state index in [-0.39, 0.29) is 12.6 Å². The molecule has 4 N–H and O–H groups in total. The Kier molecular flexibility index (Phi) is 6.96. The monoisotopic (exact) mass is 450 g/mol. The van der Waals surface area contributed by atoms with Crippen LogP contribution in [0.2, 0.25) is 0 Å². The number of hydrogen-bond donors (Lipinski definition) is 4.